The van der Waals surface area contributed by atoms with E-state index in [2.05, 4.69) is 12.2 Å². The Labute approximate surface area is 217 Å². The zero-order chi connectivity index (χ0) is 25.5. The van der Waals surface area contributed by atoms with Gasteiger partial charge in [-0.25, -0.2) is 0 Å². The van der Waals surface area contributed by atoms with Crippen LogP contribution in [-0.4, -0.2) is 50.1 Å². The van der Waals surface area contributed by atoms with Gasteiger partial charge in [0.05, 0.1) is 16.9 Å². The molecule has 2 unspecified atom stereocenters. The van der Waals surface area contributed by atoms with Gasteiger partial charge in [-0.1, -0.05) is 43.3 Å². The molecule has 2 aromatic carbocycles. The van der Waals surface area contributed by atoms with Gasteiger partial charge in [0.15, 0.2) is 0 Å². The second-order valence-electron chi connectivity index (χ2n) is 9.39. The van der Waals surface area contributed by atoms with E-state index in [9.17, 15) is 9.59 Å². The Morgan fingerprint density at radius 1 is 1.11 bits per heavy atom. The number of ether oxygens (including phenoxy) is 1. The second kappa shape index (κ2) is 12.2. The number of hydrogen-bond acceptors (Lipinski definition) is 5. The zero-order valence-corrected chi connectivity index (χ0v) is 22.1. The van der Waals surface area contributed by atoms with Crippen LogP contribution in [0.1, 0.15) is 52.9 Å². The number of rotatable bonds is 10. The van der Waals surface area contributed by atoms with Crippen molar-refractivity contribution in [3.05, 3.63) is 82.0 Å². The lowest BCUT2D eigenvalue weighted by Gasteiger charge is -2.31. The van der Waals surface area contributed by atoms with Crippen molar-refractivity contribution in [2.45, 2.75) is 44.8 Å². The number of nitrogens with zero attached hydrogens (tertiary/aromatic N) is 2. The molecule has 4 rings (SSSR count). The van der Waals surface area contributed by atoms with E-state index in [0.29, 0.717) is 23.7 Å². The van der Waals surface area contributed by atoms with Crippen LogP contribution in [0.4, 0.5) is 11.4 Å². The van der Waals surface area contributed by atoms with E-state index >= 15 is 0 Å². The number of thiophene rings is 1. The molecule has 1 aliphatic heterocycles. The van der Waals surface area contributed by atoms with Crippen LogP contribution in [0.2, 0.25) is 0 Å². The summed E-state index contributed by atoms with van der Waals surface area (Å²) in [5.41, 5.74) is 3.75. The fraction of sp³-hybridized carbons (Fsp3) is 0.379. The number of hydrogen-bond donors (Lipinski definition) is 1. The van der Waals surface area contributed by atoms with E-state index < -0.39 is 0 Å². The normalized spacial score (nSPS) is 15.9. The lowest BCUT2D eigenvalue weighted by atomic mass is 9.94. The fourth-order valence-corrected chi connectivity index (χ4v) is 5.38. The second-order valence-corrected chi connectivity index (χ2v) is 10.3. The molecule has 0 aliphatic carbocycles. The zero-order valence-electron chi connectivity index (χ0n) is 21.3. The average molecular weight is 506 g/mol. The molecule has 1 fully saturated rings. The highest BCUT2D eigenvalue weighted by molar-refractivity contribution is 7.12. The maximum atomic E-state index is 14.0. The first-order valence-corrected chi connectivity index (χ1v) is 13.4. The van der Waals surface area contributed by atoms with Crippen LogP contribution in [0.3, 0.4) is 0 Å². The number of carbonyl (C=O) groups is 2. The number of anilines is 2. The third-order valence-electron chi connectivity index (χ3n) is 6.59. The maximum Gasteiger partial charge on any atom is 0.265 e. The van der Waals surface area contributed by atoms with Crippen LogP contribution in [0, 0.1) is 0 Å². The summed E-state index contributed by atoms with van der Waals surface area (Å²) in [5.74, 6) is -0.231. The van der Waals surface area contributed by atoms with E-state index in [-0.39, 0.29) is 23.8 Å². The largest absolute Gasteiger partial charge is 0.377 e. The van der Waals surface area contributed by atoms with Crippen LogP contribution < -0.4 is 10.2 Å². The maximum absolute atomic E-state index is 14.0. The van der Waals surface area contributed by atoms with E-state index in [1.807, 2.05) is 89.9 Å². The number of amides is 2. The third-order valence-corrected chi connectivity index (χ3v) is 7.46. The van der Waals surface area contributed by atoms with Gasteiger partial charge in [0.2, 0.25) is 5.91 Å². The van der Waals surface area contributed by atoms with E-state index in [0.717, 1.165) is 42.7 Å². The highest BCUT2D eigenvalue weighted by Crippen LogP contribution is 2.29. The van der Waals surface area contributed by atoms with Gasteiger partial charge < -0.3 is 19.9 Å². The summed E-state index contributed by atoms with van der Waals surface area (Å²) in [6, 6.07) is 19.6. The van der Waals surface area contributed by atoms with Gasteiger partial charge in [0.25, 0.3) is 5.91 Å². The molecule has 36 heavy (non-hydrogen) atoms. The summed E-state index contributed by atoms with van der Waals surface area (Å²) >= 11 is 1.41. The minimum atomic E-state index is -0.211. The molecule has 0 spiro atoms. The summed E-state index contributed by atoms with van der Waals surface area (Å²) < 4.78 is 5.93. The SMILES string of the molecule is CCC(C(=O)N(Cc1cc(NC(=O)c2cccs2)ccc1N(C)C)CC1CCCO1)c1ccccc1. The summed E-state index contributed by atoms with van der Waals surface area (Å²) in [4.78, 5) is 31.3. The van der Waals surface area contributed by atoms with Gasteiger partial charge in [-0.15, -0.1) is 11.3 Å². The number of carbonyl (C=O) groups excluding carboxylic acids is 2. The van der Waals surface area contributed by atoms with E-state index in [1.54, 1.807) is 0 Å². The summed E-state index contributed by atoms with van der Waals surface area (Å²) in [5, 5.41) is 4.90. The van der Waals surface area contributed by atoms with Crippen molar-refractivity contribution in [2.75, 3.05) is 37.5 Å². The van der Waals surface area contributed by atoms with Gasteiger partial charge in [-0.3, -0.25) is 9.59 Å². The Morgan fingerprint density at radius 2 is 1.92 bits per heavy atom. The first kappa shape index (κ1) is 25.9. The monoisotopic (exact) mass is 505 g/mol. The molecule has 1 aromatic heterocycles. The molecule has 3 aromatic rings. The number of benzene rings is 2. The van der Waals surface area contributed by atoms with Gasteiger partial charge in [0.1, 0.15) is 0 Å². The predicted octanol–water partition coefficient (Wildman–Crippen LogP) is 5.77. The molecule has 0 saturated carbocycles. The standard InChI is InChI=1S/C29H35N3O3S/c1-4-25(21-10-6-5-7-11-21)29(34)32(20-24-12-8-16-35-24)19-22-18-23(14-15-26(22)31(2)3)30-28(33)27-13-9-17-36-27/h5-7,9-11,13-15,17-18,24-25H,4,8,12,16,19-20H2,1-3H3,(H,30,33). The topological polar surface area (TPSA) is 61.9 Å². The molecule has 1 aliphatic rings. The number of nitrogens with one attached hydrogen (secondary N) is 1. The molecule has 2 amide bonds. The van der Waals surface area contributed by atoms with Crippen molar-refractivity contribution >= 4 is 34.5 Å². The molecular formula is C29H35N3O3S. The molecule has 6 nitrogen and oxygen atoms in total. The molecule has 1 saturated heterocycles. The Morgan fingerprint density at radius 3 is 2.56 bits per heavy atom. The van der Waals surface area contributed by atoms with Crippen LogP contribution in [0.5, 0.6) is 0 Å². The lowest BCUT2D eigenvalue weighted by molar-refractivity contribution is -0.135. The van der Waals surface area contributed by atoms with E-state index in [1.165, 1.54) is 11.3 Å². The van der Waals surface area contributed by atoms with Gasteiger partial charge in [-0.2, -0.15) is 0 Å². The third kappa shape index (κ3) is 6.33. The molecule has 2 heterocycles. The van der Waals surface area contributed by atoms with Crippen molar-refractivity contribution in [3.63, 3.8) is 0 Å². The first-order valence-electron chi connectivity index (χ1n) is 12.6. The fourth-order valence-electron chi connectivity index (χ4n) is 4.76. The predicted molar refractivity (Wildman–Crippen MR) is 147 cm³/mol. The average Bonchev–Trinajstić information content (AvgIpc) is 3.59. The van der Waals surface area contributed by atoms with Crippen molar-refractivity contribution in [3.8, 4) is 0 Å². The van der Waals surface area contributed by atoms with Gasteiger partial charge in [-0.05, 0) is 60.0 Å². The van der Waals surface area contributed by atoms with Gasteiger partial charge >= 0.3 is 0 Å². The summed E-state index contributed by atoms with van der Waals surface area (Å²) in [6.45, 7) is 3.81. The summed E-state index contributed by atoms with van der Waals surface area (Å²) in [7, 11) is 3.99. The smallest absolute Gasteiger partial charge is 0.265 e. The molecule has 7 heteroatoms. The van der Waals surface area contributed by atoms with Crippen molar-refractivity contribution in [1.29, 1.82) is 0 Å². The highest BCUT2D eigenvalue weighted by Gasteiger charge is 2.29. The highest BCUT2D eigenvalue weighted by atomic mass is 32.1. The molecular weight excluding hydrogens is 470 g/mol. The van der Waals surface area contributed by atoms with Crippen molar-refractivity contribution in [2.24, 2.45) is 0 Å². The van der Waals surface area contributed by atoms with Crippen molar-refractivity contribution in [1.82, 2.24) is 4.90 Å². The lowest BCUT2D eigenvalue weighted by Crippen LogP contribution is -2.40. The van der Waals surface area contributed by atoms with Crippen LogP contribution >= 0.6 is 11.3 Å². The van der Waals surface area contributed by atoms with E-state index in [4.69, 9.17) is 4.74 Å². The summed E-state index contributed by atoms with van der Waals surface area (Å²) in [6.07, 6.45) is 2.76. The Balaban J connectivity index is 1.63. The molecule has 0 radical (unpaired) electrons. The van der Waals surface area contributed by atoms with Crippen LogP contribution in [-0.2, 0) is 16.1 Å². The minimum Gasteiger partial charge on any atom is -0.377 e. The van der Waals surface area contributed by atoms with Gasteiger partial charge in [0, 0.05) is 45.2 Å². The van der Waals surface area contributed by atoms with Crippen molar-refractivity contribution < 1.29 is 14.3 Å². The van der Waals surface area contributed by atoms with Crippen LogP contribution in [0.15, 0.2) is 66.0 Å². The quantitative estimate of drug-likeness (QED) is 0.380. The first-order chi connectivity index (χ1) is 17.5. The molecule has 190 valence electrons. The molecule has 0 bridgehead atoms. The Kier molecular flexibility index (Phi) is 8.78. The van der Waals surface area contributed by atoms with Crippen LogP contribution in [0.25, 0.3) is 0 Å². The Hall–Kier alpha value is -3.16. The molecule has 1 N–H and O–H groups in total. The Bertz CT molecular complexity index is 1140. The molecule has 2 atom stereocenters. The minimum absolute atomic E-state index is 0.0479.